The summed E-state index contributed by atoms with van der Waals surface area (Å²) in [5.74, 6) is -0.352. The number of carbonyl (C=O) groups is 1. The molecule has 1 unspecified atom stereocenters. The number of alkyl halides is 3. The van der Waals surface area contributed by atoms with Crippen LogP contribution in [0.2, 0.25) is 0 Å². The molecule has 0 fully saturated rings. The molecule has 3 heterocycles. The van der Waals surface area contributed by atoms with E-state index in [4.69, 9.17) is 0 Å². The highest BCUT2D eigenvalue weighted by molar-refractivity contribution is 8.00. The van der Waals surface area contributed by atoms with E-state index in [-0.39, 0.29) is 11.7 Å². The Bertz CT molecular complexity index is 1040. The number of benzene rings is 1. The van der Waals surface area contributed by atoms with Crippen molar-refractivity contribution in [3.8, 4) is 11.4 Å². The number of amides is 1. The van der Waals surface area contributed by atoms with Gasteiger partial charge < -0.3 is 9.64 Å². The first kappa shape index (κ1) is 20.7. The van der Waals surface area contributed by atoms with Gasteiger partial charge in [0.05, 0.1) is 10.9 Å². The maximum absolute atomic E-state index is 12.9. The molecule has 0 radical (unpaired) electrons. The fourth-order valence-corrected chi connectivity index (χ4v) is 4.89. The molecule has 7 nitrogen and oxygen atoms in total. The van der Waals surface area contributed by atoms with Crippen LogP contribution in [0.3, 0.4) is 0 Å². The number of halogens is 3. The second kappa shape index (κ2) is 8.26. The predicted molar refractivity (Wildman–Crippen MR) is 105 cm³/mol. The van der Waals surface area contributed by atoms with Crippen LogP contribution in [-0.4, -0.2) is 49.2 Å². The second-order valence-electron chi connectivity index (χ2n) is 6.55. The van der Waals surface area contributed by atoms with Gasteiger partial charge >= 0.3 is 6.36 Å². The number of thioether (sulfide) groups is 1. The number of rotatable bonds is 5. The molecule has 0 saturated carbocycles. The Hall–Kier alpha value is -2.60. The van der Waals surface area contributed by atoms with Gasteiger partial charge in [0.15, 0.2) is 0 Å². The van der Waals surface area contributed by atoms with Gasteiger partial charge in [-0.25, -0.2) is 0 Å². The summed E-state index contributed by atoms with van der Waals surface area (Å²) in [5.41, 5.74) is 1.64. The number of ether oxygens (including phenoxy) is 1. The highest BCUT2D eigenvalue weighted by atomic mass is 32.2. The normalized spacial score (nSPS) is 15.0. The molecule has 1 amide bonds. The van der Waals surface area contributed by atoms with E-state index in [1.165, 1.54) is 51.1 Å². The van der Waals surface area contributed by atoms with E-state index in [0.717, 1.165) is 6.42 Å². The number of tetrazole rings is 1. The number of hydrogen-bond acceptors (Lipinski definition) is 7. The molecule has 0 bridgehead atoms. The molecule has 0 aliphatic carbocycles. The van der Waals surface area contributed by atoms with Gasteiger partial charge in [0, 0.05) is 18.0 Å². The van der Waals surface area contributed by atoms with E-state index >= 15 is 0 Å². The Kier molecular flexibility index (Phi) is 5.69. The monoisotopic (exact) mass is 455 g/mol. The van der Waals surface area contributed by atoms with Gasteiger partial charge in [0.2, 0.25) is 11.1 Å². The summed E-state index contributed by atoms with van der Waals surface area (Å²) in [6.07, 6.45) is -3.91. The maximum Gasteiger partial charge on any atom is 0.573 e. The maximum atomic E-state index is 12.9. The van der Waals surface area contributed by atoms with Crippen LogP contribution in [0.15, 0.2) is 40.9 Å². The van der Waals surface area contributed by atoms with Gasteiger partial charge in [-0.05, 0) is 65.0 Å². The molecular weight excluding hydrogens is 439 g/mol. The Balaban J connectivity index is 1.44. The minimum atomic E-state index is -4.76. The lowest BCUT2D eigenvalue weighted by Gasteiger charge is -2.29. The van der Waals surface area contributed by atoms with Crippen LogP contribution in [0.25, 0.3) is 5.69 Å². The van der Waals surface area contributed by atoms with Crippen LogP contribution < -0.4 is 4.74 Å². The van der Waals surface area contributed by atoms with Crippen molar-refractivity contribution in [3.63, 3.8) is 0 Å². The zero-order valence-electron chi connectivity index (χ0n) is 15.7. The summed E-state index contributed by atoms with van der Waals surface area (Å²) in [5, 5.41) is 13.5. The van der Waals surface area contributed by atoms with Crippen molar-refractivity contribution in [1.29, 1.82) is 0 Å². The third-order valence-electron chi connectivity index (χ3n) is 4.51. The average molecular weight is 455 g/mol. The van der Waals surface area contributed by atoms with Crippen molar-refractivity contribution in [3.05, 3.63) is 46.2 Å². The quantitative estimate of drug-likeness (QED) is 0.547. The van der Waals surface area contributed by atoms with Gasteiger partial charge in [0.25, 0.3) is 0 Å². The lowest BCUT2D eigenvalue weighted by atomic mass is 10.1. The Morgan fingerprint density at radius 3 is 2.77 bits per heavy atom. The van der Waals surface area contributed by atoms with E-state index in [1.807, 2.05) is 16.3 Å². The first-order chi connectivity index (χ1) is 14.3. The first-order valence-electron chi connectivity index (χ1n) is 8.95. The molecule has 12 heteroatoms. The zero-order chi connectivity index (χ0) is 21.3. The second-order valence-corrected chi connectivity index (χ2v) is 8.86. The van der Waals surface area contributed by atoms with Gasteiger partial charge in [-0.15, -0.1) is 29.6 Å². The van der Waals surface area contributed by atoms with E-state index < -0.39 is 11.6 Å². The summed E-state index contributed by atoms with van der Waals surface area (Å²) in [4.78, 5) is 16.0. The number of nitrogens with zero attached hydrogens (tertiary/aromatic N) is 5. The fourth-order valence-electron chi connectivity index (χ4n) is 3.11. The van der Waals surface area contributed by atoms with Gasteiger partial charge in [-0.3, -0.25) is 4.79 Å². The van der Waals surface area contributed by atoms with Crippen molar-refractivity contribution in [1.82, 2.24) is 25.1 Å². The molecule has 158 valence electrons. The average Bonchev–Trinajstić information content (AvgIpc) is 3.35. The highest BCUT2D eigenvalue weighted by Gasteiger charge is 2.31. The van der Waals surface area contributed by atoms with Gasteiger partial charge in [-0.2, -0.15) is 4.68 Å². The number of hydrogen-bond donors (Lipinski definition) is 0. The first-order valence-corrected chi connectivity index (χ1v) is 10.7. The Morgan fingerprint density at radius 1 is 1.27 bits per heavy atom. The van der Waals surface area contributed by atoms with Crippen LogP contribution in [0, 0.1) is 0 Å². The molecule has 1 aromatic carbocycles. The van der Waals surface area contributed by atoms with Gasteiger partial charge in [-0.1, -0.05) is 11.8 Å². The van der Waals surface area contributed by atoms with Gasteiger partial charge in [0.1, 0.15) is 5.75 Å². The lowest BCUT2D eigenvalue weighted by Crippen LogP contribution is -2.39. The minimum absolute atomic E-state index is 0.0136. The molecule has 2 aromatic heterocycles. The largest absolute Gasteiger partial charge is 0.573 e. The number of carbonyl (C=O) groups excluding carboxylic acids is 1. The molecule has 0 saturated heterocycles. The summed E-state index contributed by atoms with van der Waals surface area (Å²) in [6, 6.07) is 7.23. The van der Waals surface area contributed by atoms with Crippen LogP contribution in [0.5, 0.6) is 5.75 Å². The smallest absolute Gasteiger partial charge is 0.406 e. The minimum Gasteiger partial charge on any atom is -0.406 e. The fraction of sp³-hybridized carbons (Fsp3) is 0.333. The van der Waals surface area contributed by atoms with E-state index in [1.54, 1.807) is 18.3 Å². The molecule has 1 aliphatic rings. The molecule has 4 rings (SSSR count). The van der Waals surface area contributed by atoms with Crippen molar-refractivity contribution < 1.29 is 22.7 Å². The lowest BCUT2D eigenvalue weighted by molar-refractivity contribution is -0.274. The molecule has 1 aliphatic heterocycles. The zero-order valence-corrected chi connectivity index (χ0v) is 17.3. The third-order valence-corrected chi connectivity index (χ3v) is 6.55. The van der Waals surface area contributed by atoms with E-state index in [2.05, 4.69) is 20.3 Å². The summed E-state index contributed by atoms with van der Waals surface area (Å²) in [6.45, 7) is 3.05. The van der Waals surface area contributed by atoms with Crippen LogP contribution in [0.4, 0.5) is 13.2 Å². The molecule has 0 spiro atoms. The summed E-state index contributed by atoms with van der Waals surface area (Å²) >= 11 is 2.91. The predicted octanol–water partition coefficient (Wildman–Crippen LogP) is 3.69. The van der Waals surface area contributed by atoms with Crippen LogP contribution in [0.1, 0.15) is 17.4 Å². The third kappa shape index (κ3) is 4.59. The molecule has 1 atom stereocenters. The Labute approximate surface area is 177 Å². The SMILES string of the molecule is CC(Sc1nnnn1-c1ccc(OC(F)(F)F)cc1)C(=O)N1CCc2sccc2C1. The summed E-state index contributed by atoms with van der Waals surface area (Å²) in [7, 11) is 0. The standard InChI is InChI=1S/C18H16F3N5O2S2/c1-11(16(27)25-8-6-15-12(10-25)7-9-29-15)30-17-22-23-24-26(17)13-2-4-14(5-3-13)28-18(19,20)21/h2-5,7,9,11H,6,8,10H2,1H3. The number of fused-ring (bicyclic) bond motifs is 1. The van der Waals surface area contributed by atoms with Crippen molar-refractivity contribution >= 4 is 29.0 Å². The van der Waals surface area contributed by atoms with E-state index in [0.29, 0.717) is 23.9 Å². The number of aromatic nitrogens is 4. The summed E-state index contributed by atoms with van der Waals surface area (Å²) < 4.78 is 42.2. The van der Waals surface area contributed by atoms with Crippen molar-refractivity contribution in [2.24, 2.45) is 0 Å². The van der Waals surface area contributed by atoms with Crippen molar-refractivity contribution in [2.75, 3.05) is 6.54 Å². The van der Waals surface area contributed by atoms with E-state index in [9.17, 15) is 18.0 Å². The molecule has 0 N–H and O–H groups in total. The molecular formula is C18H16F3N5O2S2. The molecule has 3 aromatic rings. The topological polar surface area (TPSA) is 73.1 Å². The molecule has 30 heavy (non-hydrogen) atoms. The Morgan fingerprint density at radius 2 is 2.03 bits per heavy atom. The van der Waals surface area contributed by atoms with Crippen LogP contribution >= 0.6 is 23.1 Å². The number of thiophene rings is 1. The highest BCUT2D eigenvalue weighted by Crippen LogP contribution is 2.29. The van der Waals surface area contributed by atoms with Crippen molar-refractivity contribution in [2.45, 2.75) is 36.7 Å². The van der Waals surface area contributed by atoms with Crippen LogP contribution in [-0.2, 0) is 17.8 Å².